The first kappa shape index (κ1) is 17.1. The third-order valence-electron chi connectivity index (χ3n) is 4.10. The number of hydrogen-bond acceptors (Lipinski definition) is 4. The molecule has 4 rings (SSSR count). The Balaban J connectivity index is 1.48. The Kier molecular flexibility index (Phi) is 5.03. The summed E-state index contributed by atoms with van der Waals surface area (Å²) in [6.45, 7) is 0.445. The van der Waals surface area contributed by atoms with Crippen LogP contribution in [0.25, 0.3) is 21.8 Å². The molecule has 0 saturated carbocycles. The Labute approximate surface area is 161 Å². The molecular formula is C22H17N3OS. The van der Waals surface area contributed by atoms with Gasteiger partial charge in [-0.1, -0.05) is 54.6 Å². The number of carbonyl (C=O) groups is 1. The monoisotopic (exact) mass is 371 g/mol. The van der Waals surface area contributed by atoms with Crippen LogP contribution in [-0.2, 0) is 6.54 Å². The number of rotatable bonds is 5. The fourth-order valence-electron chi connectivity index (χ4n) is 2.73. The van der Waals surface area contributed by atoms with Crippen molar-refractivity contribution in [1.82, 2.24) is 15.3 Å². The molecule has 0 aliphatic carbocycles. The predicted octanol–water partition coefficient (Wildman–Crippen LogP) is 4.80. The molecule has 0 atom stereocenters. The first-order valence-electron chi connectivity index (χ1n) is 8.59. The van der Waals surface area contributed by atoms with Crippen molar-refractivity contribution in [1.29, 1.82) is 0 Å². The Hall–Kier alpha value is -3.31. The molecule has 27 heavy (non-hydrogen) atoms. The van der Waals surface area contributed by atoms with Crippen molar-refractivity contribution in [2.45, 2.75) is 6.54 Å². The summed E-state index contributed by atoms with van der Waals surface area (Å²) in [7, 11) is 0. The highest BCUT2D eigenvalue weighted by atomic mass is 32.1. The quantitative estimate of drug-likeness (QED) is 0.548. The average Bonchev–Trinajstić information content (AvgIpc) is 3.24. The number of nitrogens with zero attached hydrogens (tertiary/aromatic N) is 2. The molecule has 2 aromatic heterocycles. The summed E-state index contributed by atoms with van der Waals surface area (Å²) in [6, 6.07) is 23.5. The summed E-state index contributed by atoms with van der Waals surface area (Å²) in [6.07, 6.45) is 1.61. The van der Waals surface area contributed by atoms with E-state index in [2.05, 4.69) is 33.9 Å². The molecule has 0 radical (unpaired) electrons. The van der Waals surface area contributed by atoms with Crippen molar-refractivity contribution >= 4 is 17.2 Å². The van der Waals surface area contributed by atoms with E-state index in [4.69, 9.17) is 4.98 Å². The molecule has 2 heterocycles. The molecule has 0 saturated heterocycles. The van der Waals surface area contributed by atoms with Gasteiger partial charge in [0.1, 0.15) is 10.7 Å². The normalized spacial score (nSPS) is 10.5. The fraction of sp³-hybridized carbons (Fsp3) is 0.0455. The highest BCUT2D eigenvalue weighted by Crippen LogP contribution is 2.29. The van der Waals surface area contributed by atoms with Gasteiger partial charge in [-0.25, -0.2) is 4.98 Å². The van der Waals surface area contributed by atoms with Gasteiger partial charge in [-0.15, -0.1) is 11.3 Å². The van der Waals surface area contributed by atoms with Crippen molar-refractivity contribution < 1.29 is 4.79 Å². The third-order valence-corrected chi connectivity index (χ3v) is 4.99. The number of hydrogen-bond donors (Lipinski definition) is 1. The van der Waals surface area contributed by atoms with Crippen molar-refractivity contribution in [2.75, 3.05) is 0 Å². The smallest absolute Gasteiger partial charge is 0.270 e. The van der Waals surface area contributed by atoms with Gasteiger partial charge in [0, 0.05) is 29.2 Å². The number of thiazole rings is 1. The molecule has 0 spiro atoms. The van der Waals surface area contributed by atoms with E-state index >= 15 is 0 Å². The largest absolute Gasteiger partial charge is 0.347 e. The summed E-state index contributed by atoms with van der Waals surface area (Å²) in [5.74, 6) is -0.179. The first-order valence-corrected chi connectivity index (χ1v) is 9.47. The highest BCUT2D eigenvalue weighted by molar-refractivity contribution is 7.13. The molecule has 0 aliphatic rings. The second-order valence-corrected chi connectivity index (χ2v) is 6.86. The molecule has 0 fully saturated rings. The van der Waals surface area contributed by atoms with Gasteiger partial charge < -0.3 is 5.32 Å². The number of nitrogens with one attached hydrogen (secondary N) is 1. The summed E-state index contributed by atoms with van der Waals surface area (Å²) in [5.41, 5.74) is 4.57. The van der Waals surface area contributed by atoms with Crippen LogP contribution in [0, 0.1) is 0 Å². The Morgan fingerprint density at radius 3 is 2.56 bits per heavy atom. The summed E-state index contributed by atoms with van der Waals surface area (Å²) in [5, 5.41) is 5.94. The maximum absolute atomic E-state index is 12.1. The molecular weight excluding hydrogens is 354 g/mol. The van der Waals surface area contributed by atoms with E-state index in [1.807, 2.05) is 36.4 Å². The number of aromatic nitrogens is 2. The minimum atomic E-state index is -0.179. The second-order valence-electron chi connectivity index (χ2n) is 6.00. The molecule has 4 aromatic rings. The lowest BCUT2D eigenvalue weighted by Gasteiger charge is -2.06. The van der Waals surface area contributed by atoms with E-state index in [-0.39, 0.29) is 5.91 Å². The van der Waals surface area contributed by atoms with Gasteiger partial charge in [0.05, 0.1) is 5.69 Å². The van der Waals surface area contributed by atoms with Crippen molar-refractivity contribution in [2.24, 2.45) is 0 Å². The zero-order chi connectivity index (χ0) is 18.5. The summed E-state index contributed by atoms with van der Waals surface area (Å²) < 4.78 is 0. The van der Waals surface area contributed by atoms with Gasteiger partial charge in [0.25, 0.3) is 5.91 Å². The van der Waals surface area contributed by atoms with Crippen LogP contribution >= 0.6 is 11.3 Å². The van der Waals surface area contributed by atoms with Gasteiger partial charge in [0.15, 0.2) is 0 Å². The van der Waals surface area contributed by atoms with Crippen LogP contribution in [-0.4, -0.2) is 15.9 Å². The maximum Gasteiger partial charge on any atom is 0.270 e. The molecule has 4 nitrogen and oxygen atoms in total. The molecule has 2 aromatic carbocycles. The number of benzene rings is 2. The Morgan fingerprint density at radius 1 is 0.926 bits per heavy atom. The third kappa shape index (κ3) is 4.10. The fourth-order valence-corrected chi connectivity index (χ4v) is 3.56. The lowest BCUT2D eigenvalue weighted by Crippen LogP contribution is -2.23. The van der Waals surface area contributed by atoms with E-state index < -0.39 is 0 Å². The van der Waals surface area contributed by atoms with Crippen LogP contribution in [0.5, 0.6) is 0 Å². The van der Waals surface area contributed by atoms with E-state index in [0.29, 0.717) is 12.2 Å². The number of carbonyl (C=O) groups excluding carboxylic acids is 1. The van der Waals surface area contributed by atoms with Gasteiger partial charge in [-0.3, -0.25) is 9.78 Å². The molecule has 1 amide bonds. The van der Waals surface area contributed by atoms with Crippen LogP contribution in [0.2, 0.25) is 0 Å². The predicted molar refractivity (Wildman–Crippen MR) is 108 cm³/mol. The molecule has 5 heteroatoms. The van der Waals surface area contributed by atoms with Gasteiger partial charge >= 0.3 is 0 Å². The van der Waals surface area contributed by atoms with Crippen molar-refractivity contribution in [3.8, 4) is 21.8 Å². The summed E-state index contributed by atoms with van der Waals surface area (Å²) >= 11 is 1.62. The van der Waals surface area contributed by atoms with Crippen LogP contribution in [0.15, 0.2) is 84.4 Å². The maximum atomic E-state index is 12.1. The molecule has 0 unspecified atom stereocenters. The SMILES string of the molecule is O=C(NCc1cccc(-c2nc(-c3ccccc3)cs2)c1)c1ccccn1. The lowest BCUT2D eigenvalue weighted by atomic mass is 10.1. The topological polar surface area (TPSA) is 54.9 Å². The molecule has 0 aliphatic heterocycles. The average molecular weight is 371 g/mol. The highest BCUT2D eigenvalue weighted by Gasteiger charge is 2.09. The van der Waals surface area contributed by atoms with Crippen molar-refractivity contribution in [3.05, 3.63) is 95.6 Å². The zero-order valence-corrected chi connectivity index (χ0v) is 15.3. The van der Waals surface area contributed by atoms with Crippen LogP contribution in [0.1, 0.15) is 16.1 Å². The molecule has 1 N–H and O–H groups in total. The van der Waals surface area contributed by atoms with Gasteiger partial charge in [-0.2, -0.15) is 0 Å². The van der Waals surface area contributed by atoms with Gasteiger partial charge in [0.2, 0.25) is 0 Å². The van der Waals surface area contributed by atoms with Crippen molar-refractivity contribution in [3.63, 3.8) is 0 Å². The van der Waals surface area contributed by atoms with E-state index in [0.717, 1.165) is 27.4 Å². The zero-order valence-electron chi connectivity index (χ0n) is 14.5. The number of pyridine rings is 1. The van der Waals surface area contributed by atoms with Crippen LogP contribution < -0.4 is 5.32 Å². The first-order chi connectivity index (χ1) is 13.3. The van der Waals surface area contributed by atoms with E-state index in [1.54, 1.807) is 35.7 Å². The molecule has 132 valence electrons. The Morgan fingerprint density at radius 2 is 1.74 bits per heavy atom. The lowest BCUT2D eigenvalue weighted by molar-refractivity contribution is 0.0946. The minimum Gasteiger partial charge on any atom is -0.347 e. The van der Waals surface area contributed by atoms with E-state index in [9.17, 15) is 4.79 Å². The van der Waals surface area contributed by atoms with Crippen LogP contribution in [0.4, 0.5) is 0 Å². The van der Waals surface area contributed by atoms with Gasteiger partial charge in [-0.05, 0) is 23.8 Å². The van der Waals surface area contributed by atoms with Crippen LogP contribution in [0.3, 0.4) is 0 Å². The number of amides is 1. The second kappa shape index (κ2) is 7.93. The summed E-state index contributed by atoms with van der Waals surface area (Å²) in [4.78, 5) is 21.0. The minimum absolute atomic E-state index is 0.179. The van der Waals surface area contributed by atoms with E-state index in [1.165, 1.54) is 0 Å². The Bertz CT molecular complexity index is 1050. The molecule has 0 bridgehead atoms. The standard InChI is InChI=1S/C22H17N3OS/c26-21(19-11-4-5-12-23-19)24-14-16-7-6-10-18(13-16)22-25-20(15-27-22)17-8-2-1-3-9-17/h1-13,15H,14H2,(H,24,26).